The first-order chi connectivity index (χ1) is 10.1. The maximum atomic E-state index is 12.5. The molecular formula is C18H25NO2. The molecule has 0 saturated carbocycles. The van der Waals surface area contributed by atoms with Gasteiger partial charge in [-0.1, -0.05) is 56.3 Å². The molecular weight excluding hydrogens is 262 g/mol. The minimum absolute atomic E-state index is 0.0195. The number of nitrogens with one attached hydrogen (secondary N) is 1. The zero-order valence-corrected chi connectivity index (χ0v) is 12.8. The number of carbonyl (C=O) groups excluding carboxylic acids is 1. The van der Waals surface area contributed by atoms with E-state index in [4.69, 9.17) is 5.11 Å². The van der Waals surface area contributed by atoms with E-state index >= 15 is 0 Å². The Balaban J connectivity index is 1.95. The van der Waals surface area contributed by atoms with Crippen molar-refractivity contribution in [3.63, 3.8) is 0 Å². The molecule has 0 saturated heterocycles. The molecule has 3 nitrogen and oxygen atoms in total. The summed E-state index contributed by atoms with van der Waals surface area (Å²) in [5.41, 5.74) is 1.20. The largest absolute Gasteiger partial charge is 0.396 e. The molecule has 0 bridgehead atoms. The van der Waals surface area contributed by atoms with Gasteiger partial charge in [-0.3, -0.25) is 4.79 Å². The number of aliphatic hydroxyl groups is 1. The van der Waals surface area contributed by atoms with Gasteiger partial charge in [0.1, 0.15) is 0 Å². The highest BCUT2D eigenvalue weighted by molar-refractivity contribution is 5.79. The molecule has 1 aliphatic carbocycles. The van der Waals surface area contributed by atoms with Crippen LogP contribution in [0.15, 0.2) is 42.5 Å². The van der Waals surface area contributed by atoms with Gasteiger partial charge in [0.05, 0.1) is 0 Å². The summed E-state index contributed by atoms with van der Waals surface area (Å²) >= 11 is 0. The Bertz CT molecular complexity index is 481. The van der Waals surface area contributed by atoms with Crippen molar-refractivity contribution in [3.05, 3.63) is 48.0 Å². The fourth-order valence-corrected chi connectivity index (χ4v) is 2.81. The summed E-state index contributed by atoms with van der Waals surface area (Å²) < 4.78 is 0. The minimum Gasteiger partial charge on any atom is -0.396 e. The number of aliphatic hydroxyl groups excluding tert-OH is 1. The van der Waals surface area contributed by atoms with Gasteiger partial charge in [-0.05, 0) is 24.3 Å². The van der Waals surface area contributed by atoms with Crippen LogP contribution in [-0.2, 0) is 11.2 Å². The van der Waals surface area contributed by atoms with Crippen molar-refractivity contribution in [3.8, 4) is 0 Å². The van der Waals surface area contributed by atoms with E-state index in [0.29, 0.717) is 5.92 Å². The number of amides is 1. The lowest BCUT2D eigenvalue weighted by Crippen LogP contribution is -2.40. The number of hydrogen-bond acceptors (Lipinski definition) is 2. The van der Waals surface area contributed by atoms with E-state index in [-0.39, 0.29) is 30.4 Å². The van der Waals surface area contributed by atoms with Crippen molar-refractivity contribution in [2.75, 3.05) is 6.61 Å². The number of rotatable bonds is 6. The van der Waals surface area contributed by atoms with Crippen molar-refractivity contribution in [2.24, 2.45) is 17.8 Å². The lowest BCUT2D eigenvalue weighted by atomic mass is 9.88. The second-order valence-corrected chi connectivity index (χ2v) is 6.22. The van der Waals surface area contributed by atoms with Crippen LogP contribution < -0.4 is 5.32 Å². The molecule has 114 valence electrons. The molecule has 0 fully saturated rings. The van der Waals surface area contributed by atoms with Crippen molar-refractivity contribution >= 4 is 5.91 Å². The highest BCUT2D eigenvalue weighted by Crippen LogP contribution is 2.21. The summed E-state index contributed by atoms with van der Waals surface area (Å²) in [6.45, 7) is 4.34. The van der Waals surface area contributed by atoms with Crippen molar-refractivity contribution in [1.82, 2.24) is 5.32 Å². The lowest BCUT2D eigenvalue weighted by Gasteiger charge is -2.23. The first kappa shape index (κ1) is 15.8. The molecule has 1 aromatic carbocycles. The highest BCUT2D eigenvalue weighted by atomic mass is 16.3. The van der Waals surface area contributed by atoms with Crippen LogP contribution in [0.5, 0.6) is 0 Å². The molecule has 2 rings (SSSR count). The first-order valence-corrected chi connectivity index (χ1v) is 7.73. The number of carbonyl (C=O) groups is 1. The van der Waals surface area contributed by atoms with Gasteiger partial charge in [0, 0.05) is 24.5 Å². The summed E-state index contributed by atoms with van der Waals surface area (Å²) in [4.78, 5) is 12.5. The second-order valence-electron chi connectivity index (χ2n) is 6.22. The maximum Gasteiger partial charge on any atom is 0.224 e. The first-order valence-electron chi connectivity index (χ1n) is 7.73. The molecule has 0 radical (unpaired) electrons. The summed E-state index contributed by atoms with van der Waals surface area (Å²) in [6.07, 6.45) is 5.56. The van der Waals surface area contributed by atoms with E-state index in [1.54, 1.807) is 0 Å². The Kier molecular flexibility index (Phi) is 5.57. The van der Waals surface area contributed by atoms with Gasteiger partial charge in [-0.2, -0.15) is 0 Å². The highest BCUT2D eigenvalue weighted by Gasteiger charge is 2.26. The summed E-state index contributed by atoms with van der Waals surface area (Å²) in [6, 6.07) is 10.2. The fourth-order valence-electron chi connectivity index (χ4n) is 2.81. The van der Waals surface area contributed by atoms with Crippen LogP contribution in [0, 0.1) is 17.8 Å². The Morgan fingerprint density at radius 1 is 1.29 bits per heavy atom. The predicted molar refractivity (Wildman–Crippen MR) is 84.7 cm³/mol. The molecule has 1 unspecified atom stereocenters. The average Bonchev–Trinajstić information content (AvgIpc) is 2.93. The molecule has 1 amide bonds. The van der Waals surface area contributed by atoms with Crippen molar-refractivity contribution < 1.29 is 9.90 Å². The van der Waals surface area contributed by atoms with Crippen LogP contribution in [0.25, 0.3) is 0 Å². The molecule has 1 aliphatic rings. The molecule has 0 spiro atoms. The second kappa shape index (κ2) is 7.41. The Hall–Kier alpha value is -1.61. The SMILES string of the molecule is CC(C)C(Cc1ccccc1)C(=O)N[C@@H]1C=C[C@H](CO)C1. The van der Waals surface area contributed by atoms with Gasteiger partial charge in [0.2, 0.25) is 5.91 Å². The van der Waals surface area contributed by atoms with Crippen molar-refractivity contribution in [2.45, 2.75) is 32.7 Å². The van der Waals surface area contributed by atoms with E-state index in [2.05, 4.69) is 31.3 Å². The van der Waals surface area contributed by atoms with E-state index in [1.807, 2.05) is 30.4 Å². The third-order valence-corrected chi connectivity index (χ3v) is 4.17. The molecule has 0 aliphatic heterocycles. The molecule has 3 heteroatoms. The normalized spacial score (nSPS) is 22.5. The maximum absolute atomic E-state index is 12.5. The van der Waals surface area contributed by atoms with Gasteiger partial charge in [-0.25, -0.2) is 0 Å². The molecule has 2 N–H and O–H groups in total. The van der Waals surface area contributed by atoms with Crippen LogP contribution in [0.4, 0.5) is 0 Å². The van der Waals surface area contributed by atoms with Gasteiger partial charge < -0.3 is 10.4 Å². The quantitative estimate of drug-likeness (QED) is 0.790. The molecule has 0 aromatic heterocycles. The smallest absolute Gasteiger partial charge is 0.224 e. The van der Waals surface area contributed by atoms with Crippen LogP contribution in [-0.4, -0.2) is 23.7 Å². The van der Waals surface area contributed by atoms with Crippen LogP contribution >= 0.6 is 0 Å². The van der Waals surface area contributed by atoms with Gasteiger partial charge >= 0.3 is 0 Å². The van der Waals surface area contributed by atoms with Crippen LogP contribution in [0.3, 0.4) is 0 Å². The Labute approximate surface area is 127 Å². The minimum atomic E-state index is -0.0195. The molecule has 0 heterocycles. The van der Waals surface area contributed by atoms with Crippen LogP contribution in [0.1, 0.15) is 25.8 Å². The topological polar surface area (TPSA) is 49.3 Å². The van der Waals surface area contributed by atoms with Gasteiger partial charge in [-0.15, -0.1) is 0 Å². The zero-order chi connectivity index (χ0) is 15.2. The molecule has 3 atom stereocenters. The molecule has 21 heavy (non-hydrogen) atoms. The van der Waals surface area contributed by atoms with Gasteiger partial charge in [0.25, 0.3) is 0 Å². The lowest BCUT2D eigenvalue weighted by molar-refractivity contribution is -0.126. The summed E-state index contributed by atoms with van der Waals surface area (Å²) in [5, 5.41) is 12.3. The van der Waals surface area contributed by atoms with Gasteiger partial charge in [0.15, 0.2) is 0 Å². The standard InChI is InChI=1S/C18H25NO2/c1-13(2)17(11-14-6-4-3-5-7-14)18(21)19-16-9-8-15(10-16)12-20/h3-9,13,15-17,20H,10-12H2,1-2H3,(H,19,21)/t15-,16+,17?/m0/s1. The monoisotopic (exact) mass is 287 g/mol. The average molecular weight is 287 g/mol. The number of hydrogen-bond donors (Lipinski definition) is 2. The molecule has 1 aromatic rings. The Morgan fingerprint density at radius 2 is 2.00 bits per heavy atom. The van der Waals surface area contributed by atoms with E-state index in [1.165, 1.54) is 5.56 Å². The summed E-state index contributed by atoms with van der Waals surface area (Å²) in [5.74, 6) is 0.572. The van der Waals surface area contributed by atoms with E-state index in [9.17, 15) is 4.79 Å². The van der Waals surface area contributed by atoms with Crippen molar-refractivity contribution in [1.29, 1.82) is 0 Å². The van der Waals surface area contributed by atoms with E-state index < -0.39 is 0 Å². The predicted octanol–water partition coefficient (Wildman–Crippen LogP) is 2.55. The Morgan fingerprint density at radius 3 is 2.57 bits per heavy atom. The number of benzene rings is 1. The third-order valence-electron chi connectivity index (χ3n) is 4.17. The van der Waals surface area contributed by atoms with E-state index in [0.717, 1.165) is 12.8 Å². The van der Waals surface area contributed by atoms with Crippen LogP contribution in [0.2, 0.25) is 0 Å². The summed E-state index contributed by atoms with van der Waals surface area (Å²) in [7, 11) is 0. The third kappa shape index (κ3) is 4.43. The zero-order valence-electron chi connectivity index (χ0n) is 12.8. The fraction of sp³-hybridized carbons (Fsp3) is 0.500.